The van der Waals surface area contributed by atoms with Gasteiger partial charge in [-0.2, -0.15) is 0 Å². The molecule has 0 heterocycles. The second-order valence-electron chi connectivity index (χ2n) is 6.81. The molecule has 0 spiro atoms. The number of carbonyl (C=O) groups is 1. The first-order valence-electron chi connectivity index (χ1n) is 9.41. The largest absolute Gasteiger partial charge is 0.508 e. The van der Waals surface area contributed by atoms with Crippen LogP contribution in [0.15, 0.2) is 72.8 Å². The minimum absolute atomic E-state index is 0.0757. The molecule has 0 fully saturated rings. The van der Waals surface area contributed by atoms with Crippen molar-refractivity contribution in [2.45, 2.75) is 26.4 Å². The molecule has 0 atom stereocenters. The van der Waals surface area contributed by atoms with E-state index in [2.05, 4.69) is 24.4 Å². The lowest BCUT2D eigenvalue weighted by atomic mass is 10.1. The van der Waals surface area contributed by atoms with E-state index in [-0.39, 0.29) is 18.1 Å². The molecule has 3 aromatic carbocycles. The van der Waals surface area contributed by atoms with Crippen LogP contribution in [0.4, 0.5) is 0 Å². The van der Waals surface area contributed by atoms with E-state index in [9.17, 15) is 9.90 Å². The van der Waals surface area contributed by atoms with Crippen molar-refractivity contribution >= 4 is 5.91 Å². The van der Waals surface area contributed by atoms with Crippen LogP contribution < -0.4 is 10.1 Å². The number of aromatic hydroxyl groups is 1. The monoisotopic (exact) mass is 375 g/mol. The van der Waals surface area contributed by atoms with Gasteiger partial charge in [-0.05, 0) is 47.7 Å². The van der Waals surface area contributed by atoms with E-state index in [4.69, 9.17) is 4.74 Å². The number of benzene rings is 3. The summed E-state index contributed by atoms with van der Waals surface area (Å²) in [6.45, 7) is 3.06. The number of ether oxygens (including phenoxy) is 1. The molecule has 1 amide bonds. The van der Waals surface area contributed by atoms with Gasteiger partial charge in [0.25, 0.3) is 0 Å². The molecular formula is C24H25NO3. The third kappa shape index (κ3) is 5.88. The number of hydrogen-bond donors (Lipinski definition) is 2. The number of phenols is 1. The highest BCUT2D eigenvalue weighted by molar-refractivity contribution is 5.78. The van der Waals surface area contributed by atoms with Crippen molar-refractivity contribution in [1.29, 1.82) is 0 Å². The summed E-state index contributed by atoms with van der Waals surface area (Å²) >= 11 is 0. The normalized spacial score (nSPS) is 10.5. The van der Waals surface area contributed by atoms with Gasteiger partial charge in [-0.15, -0.1) is 0 Å². The van der Waals surface area contributed by atoms with Crippen LogP contribution in [0.5, 0.6) is 11.5 Å². The van der Waals surface area contributed by atoms with Crippen molar-refractivity contribution in [2.75, 3.05) is 6.54 Å². The van der Waals surface area contributed by atoms with Crippen LogP contribution in [-0.4, -0.2) is 17.6 Å². The summed E-state index contributed by atoms with van der Waals surface area (Å²) in [6.07, 6.45) is 0.994. The Labute approximate surface area is 165 Å². The number of aryl methyl sites for hydroxylation is 1. The summed E-state index contributed by atoms with van der Waals surface area (Å²) in [5.74, 6) is 0.563. The number of phenolic OH excluding ortho intramolecular Hbond substituents is 1. The van der Waals surface area contributed by atoms with Crippen molar-refractivity contribution in [3.05, 3.63) is 95.1 Å². The Hall–Kier alpha value is -3.27. The fraction of sp³-hybridized carbons (Fsp3) is 0.208. The molecule has 0 unspecified atom stereocenters. The van der Waals surface area contributed by atoms with Gasteiger partial charge in [-0.25, -0.2) is 0 Å². The molecule has 3 aromatic rings. The second kappa shape index (κ2) is 9.60. The Morgan fingerprint density at radius 1 is 0.964 bits per heavy atom. The summed E-state index contributed by atoms with van der Waals surface area (Å²) in [5, 5.41) is 12.9. The summed E-state index contributed by atoms with van der Waals surface area (Å²) in [6, 6.07) is 22.9. The van der Waals surface area contributed by atoms with Crippen LogP contribution in [0.25, 0.3) is 0 Å². The summed E-state index contributed by atoms with van der Waals surface area (Å²) in [4.78, 5) is 12.3. The molecule has 0 aromatic heterocycles. The Kier molecular flexibility index (Phi) is 6.68. The molecule has 0 bridgehead atoms. The van der Waals surface area contributed by atoms with Gasteiger partial charge in [0.05, 0.1) is 6.42 Å². The number of hydrogen-bond acceptors (Lipinski definition) is 3. The van der Waals surface area contributed by atoms with E-state index in [0.29, 0.717) is 18.9 Å². The predicted molar refractivity (Wildman–Crippen MR) is 110 cm³/mol. The van der Waals surface area contributed by atoms with Crippen molar-refractivity contribution in [3.8, 4) is 11.5 Å². The molecule has 3 rings (SSSR count). The Bertz CT molecular complexity index is 922. The molecule has 0 aliphatic carbocycles. The molecule has 2 N–H and O–H groups in total. The molecule has 4 nitrogen and oxygen atoms in total. The highest BCUT2D eigenvalue weighted by Gasteiger charge is 2.08. The molecular weight excluding hydrogens is 350 g/mol. The predicted octanol–water partition coefficient (Wildman–Crippen LogP) is 4.18. The zero-order valence-electron chi connectivity index (χ0n) is 16.0. The van der Waals surface area contributed by atoms with E-state index < -0.39 is 0 Å². The first kappa shape index (κ1) is 19.5. The zero-order valence-corrected chi connectivity index (χ0v) is 16.0. The first-order chi connectivity index (χ1) is 13.6. The lowest BCUT2D eigenvalue weighted by Gasteiger charge is -2.10. The van der Waals surface area contributed by atoms with Crippen molar-refractivity contribution in [3.63, 3.8) is 0 Å². The summed E-state index contributed by atoms with van der Waals surface area (Å²) < 4.78 is 5.76. The van der Waals surface area contributed by atoms with E-state index in [1.165, 1.54) is 11.1 Å². The van der Waals surface area contributed by atoms with Gasteiger partial charge in [-0.1, -0.05) is 54.6 Å². The van der Waals surface area contributed by atoms with Gasteiger partial charge in [0.2, 0.25) is 5.91 Å². The van der Waals surface area contributed by atoms with Gasteiger partial charge in [-0.3, -0.25) is 4.79 Å². The topological polar surface area (TPSA) is 58.6 Å². The lowest BCUT2D eigenvalue weighted by Crippen LogP contribution is -2.27. The lowest BCUT2D eigenvalue weighted by molar-refractivity contribution is -0.120. The number of rotatable bonds is 8. The average molecular weight is 375 g/mol. The van der Waals surface area contributed by atoms with Crippen molar-refractivity contribution < 1.29 is 14.6 Å². The highest BCUT2D eigenvalue weighted by atomic mass is 16.5. The SMILES string of the molecule is Cc1ccccc1CCNC(=O)Cc1cc(O)cc(OCc2ccccc2)c1. The Morgan fingerprint density at radius 3 is 2.50 bits per heavy atom. The maximum absolute atomic E-state index is 12.3. The summed E-state index contributed by atoms with van der Waals surface area (Å²) in [7, 11) is 0. The molecule has 28 heavy (non-hydrogen) atoms. The van der Waals surface area contributed by atoms with Gasteiger partial charge in [0.1, 0.15) is 18.1 Å². The average Bonchev–Trinajstić information content (AvgIpc) is 2.68. The zero-order chi connectivity index (χ0) is 19.8. The van der Waals surface area contributed by atoms with Crippen LogP contribution in [0.1, 0.15) is 22.3 Å². The van der Waals surface area contributed by atoms with Crippen LogP contribution in [0.3, 0.4) is 0 Å². The number of amides is 1. The quantitative estimate of drug-likeness (QED) is 0.621. The van der Waals surface area contributed by atoms with Gasteiger partial charge < -0.3 is 15.2 Å². The number of carbonyl (C=O) groups excluding carboxylic acids is 1. The molecule has 144 valence electrons. The minimum Gasteiger partial charge on any atom is -0.508 e. The van der Waals surface area contributed by atoms with E-state index in [1.54, 1.807) is 18.2 Å². The van der Waals surface area contributed by atoms with E-state index >= 15 is 0 Å². The fourth-order valence-corrected chi connectivity index (χ4v) is 3.04. The molecule has 0 saturated heterocycles. The van der Waals surface area contributed by atoms with Gasteiger partial charge in [0.15, 0.2) is 0 Å². The van der Waals surface area contributed by atoms with E-state index in [1.807, 2.05) is 42.5 Å². The Balaban J connectivity index is 1.52. The van der Waals surface area contributed by atoms with Crippen LogP contribution in [0, 0.1) is 6.92 Å². The highest BCUT2D eigenvalue weighted by Crippen LogP contribution is 2.23. The fourth-order valence-electron chi connectivity index (χ4n) is 3.04. The summed E-state index contributed by atoms with van der Waals surface area (Å²) in [5.41, 5.74) is 4.22. The number of nitrogens with one attached hydrogen (secondary N) is 1. The molecule has 4 heteroatoms. The second-order valence-corrected chi connectivity index (χ2v) is 6.81. The third-order valence-electron chi connectivity index (χ3n) is 4.54. The van der Waals surface area contributed by atoms with Crippen molar-refractivity contribution in [1.82, 2.24) is 5.32 Å². The van der Waals surface area contributed by atoms with E-state index in [0.717, 1.165) is 17.5 Å². The minimum atomic E-state index is -0.0757. The molecule has 0 aliphatic rings. The Morgan fingerprint density at radius 2 is 1.71 bits per heavy atom. The van der Waals surface area contributed by atoms with Crippen molar-refractivity contribution in [2.24, 2.45) is 0 Å². The molecule has 0 saturated carbocycles. The van der Waals surface area contributed by atoms with Gasteiger partial charge in [0, 0.05) is 12.6 Å². The maximum atomic E-state index is 12.3. The maximum Gasteiger partial charge on any atom is 0.224 e. The molecule has 0 radical (unpaired) electrons. The van der Waals surface area contributed by atoms with Crippen LogP contribution in [0.2, 0.25) is 0 Å². The van der Waals surface area contributed by atoms with Crippen LogP contribution in [-0.2, 0) is 24.2 Å². The third-order valence-corrected chi connectivity index (χ3v) is 4.54. The first-order valence-corrected chi connectivity index (χ1v) is 9.41. The van der Waals surface area contributed by atoms with Gasteiger partial charge >= 0.3 is 0 Å². The smallest absolute Gasteiger partial charge is 0.224 e. The standard InChI is InChI=1S/C24H25NO3/c1-18-7-5-6-10-21(18)11-12-25-24(27)15-20-13-22(26)16-23(14-20)28-17-19-8-3-2-4-9-19/h2-10,13-14,16,26H,11-12,15,17H2,1H3,(H,25,27). The molecule has 0 aliphatic heterocycles. The van der Waals surface area contributed by atoms with Crippen LogP contribution >= 0.6 is 0 Å².